The Balaban J connectivity index is 1.64. The van der Waals surface area contributed by atoms with Crippen molar-refractivity contribution in [2.45, 2.75) is 19.9 Å². The van der Waals surface area contributed by atoms with Crippen LogP contribution in [0.3, 0.4) is 0 Å². The molecule has 0 saturated carbocycles. The highest BCUT2D eigenvalue weighted by atomic mass is 16.5. The Morgan fingerprint density at radius 3 is 2.14 bits per heavy atom. The predicted octanol–water partition coefficient (Wildman–Crippen LogP) is 6.34. The van der Waals surface area contributed by atoms with Crippen LogP contribution in [0.4, 0.5) is 22.7 Å². The van der Waals surface area contributed by atoms with Gasteiger partial charge in [0.25, 0.3) is 0 Å². The van der Waals surface area contributed by atoms with E-state index in [0.29, 0.717) is 17.5 Å². The van der Waals surface area contributed by atoms with E-state index < -0.39 is 0 Å². The lowest BCUT2D eigenvalue weighted by Crippen LogP contribution is -2.12. The number of fused-ring (bicyclic) bond motifs is 1. The van der Waals surface area contributed by atoms with Crippen LogP contribution in [0.15, 0.2) is 79.3 Å². The molecule has 0 aliphatic carbocycles. The monoisotopic (exact) mass is 494 g/mol. The summed E-state index contributed by atoms with van der Waals surface area (Å²) in [5, 5.41) is 7.72. The molecular weight excluding hydrogens is 464 g/mol. The first-order valence-electron chi connectivity index (χ1n) is 12.1. The minimum atomic E-state index is 0.345. The Kier molecular flexibility index (Phi) is 6.64. The van der Waals surface area contributed by atoms with Crippen molar-refractivity contribution < 1.29 is 9.47 Å². The quantitative estimate of drug-likeness (QED) is 0.270. The third kappa shape index (κ3) is 5.18. The standard InChI is InChI=1S/C29H30N6O2/c1-19(2)32-21-6-8-22(9-7-21)35(24-12-25(36-4)15-26(13-24)37-5)23-10-11-27-28(14-23)33-29(17-30-27)20-16-31-34(3)18-20/h6-19,32H,1-5H3. The Morgan fingerprint density at radius 2 is 1.51 bits per heavy atom. The summed E-state index contributed by atoms with van der Waals surface area (Å²) in [5.74, 6) is 1.41. The van der Waals surface area contributed by atoms with E-state index in [1.165, 1.54) is 0 Å². The number of nitrogens with zero attached hydrogens (tertiary/aromatic N) is 5. The fraction of sp³-hybridized carbons (Fsp3) is 0.207. The summed E-state index contributed by atoms with van der Waals surface area (Å²) in [6, 6.07) is 20.6. The van der Waals surface area contributed by atoms with Gasteiger partial charge in [-0.05, 0) is 56.3 Å². The molecule has 0 unspecified atom stereocenters. The van der Waals surface area contributed by atoms with Crippen molar-refractivity contribution in [3.63, 3.8) is 0 Å². The summed E-state index contributed by atoms with van der Waals surface area (Å²) in [6.07, 6.45) is 5.51. The van der Waals surface area contributed by atoms with Gasteiger partial charge in [0.2, 0.25) is 0 Å². The molecule has 0 fully saturated rings. The molecule has 0 spiro atoms. The molecule has 0 amide bonds. The number of ether oxygens (including phenoxy) is 2. The number of hydrogen-bond acceptors (Lipinski definition) is 7. The number of anilines is 4. The lowest BCUT2D eigenvalue weighted by molar-refractivity contribution is 0.394. The molecule has 3 aromatic carbocycles. The van der Waals surface area contributed by atoms with Crippen molar-refractivity contribution in [2.24, 2.45) is 7.05 Å². The van der Waals surface area contributed by atoms with E-state index in [0.717, 1.165) is 45.0 Å². The maximum absolute atomic E-state index is 5.57. The van der Waals surface area contributed by atoms with Gasteiger partial charge in [-0.2, -0.15) is 5.10 Å². The highest BCUT2D eigenvalue weighted by Gasteiger charge is 2.17. The summed E-state index contributed by atoms with van der Waals surface area (Å²) in [6.45, 7) is 4.25. The van der Waals surface area contributed by atoms with E-state index in [4.69, 9.17) is 14.5 Å². The SMILES string of the molecule is COc1cc(OC)cc(N(c2ccc(NC(C)C)cc2)c2ccc3ncc(-c4cnn(C)c4)nc3c2)c1. The second-order valence-corrected chi connectivity index (χ2v) is 9.08. The topological polar surface area (TPSA) is 77.3 Å². The van der Waals surface area contributed by atoms with E-state index in [2.05, 4.69) is 64.5 Å². The zero-order valence-corrected chi connectivity index (χ0v) is 21.6. The molecule has 5 aromatic rings. The van der Waals surface area contributed by atoms with Gasteiger partial charge in [0.1, 0.15) is 11.5 Å². The molecule has 0 aliphatic heterocycles. The van der Waals surface area contributed by atoms with Crippen LogP contribution in [0.1, 0.15) is 13.8 Å². The van der Waals surface area contributed by atoms with E-state index in [-0.39, 0.29) is 0 Å². The van der Waals surface area contributed by atoms with Crippen LogP contribution in [-0.4, -0.2) is 40.0 Å². The van der Waals surface area contributed by atoms with Crippen molar-refractivity contribution in [1.82, 2.24) is 19.7 Å². The summed E-state index contributed by atoms with van der Waals surface area (Å²) >= 11 is 0. The van der Waals surface area contributed by atoms with E-state index in [1.807, 2.05) is 43.6 Å². The first-order chi connectivity index (χ1) is 17.9. The second-order valence-electron chi connectivity index (χ2n) is 9.08. The van der Waals surface area contributed by atoms with Crippen molar-refractivity contribution in [2.75, 3.05) is 24.4 Å². The summed E-state index contributed by atoms with van der Waals surface area (Å²) < 4.78 is 12.9. The average Bonchev–Trinajstić information content (AvgIpc) is 3.35. The van der Waals surface area contributed by atoms with Gasteiger partial charge < -0.3 is 19.7 Å². The van der Waals surface area contributed by atoms with Crippen LogP contribution in [0.5, 0.6) is 11.5 Å². The number of benzene rings is 3. The minimum absolute atomic E-state index is 0.345. The Labute approximate surface area is 216 Å². The summed E-state index contributed by atoms with van der Waals surface area (Å²) in [7, 11) is 5.19. The first kappa shape index (κ1) is 24.1. The van der Waals surface area contributed by atoms with Crippen LogP contribution >= 0.6 is 0 Å². The lowest BCUT2D eigenvalue weighted by atomic mass is 10.1. The van der Waals surface area contributed by atoms with Crippen LogP contribution in [0.2, 0.25) is 0 Å². The van der Waals surface area contributed by atoms with Crippen molar-refractivity contribution in [3.8, 4) is 22.8 Å². The molecule has 0 atom stereocenters. The lowest BCUT2D eigenvalue weighted by Gasteiger charge is -2.27. The van der Waals surface area contributed by atoms with Gasteiger partial charge in [-0.3, -0.25) is 9.67 Å². The van der Waals surface area contributed by atoms with Crippen molar-refractivity contribution >= 4 is 33.8 Å². The second kappa shape index (κ2) is 10.2. The predicted molar refractivity (Wildman–Crippen MR) is 148 cm³/mol. The molecule has 1 N–H and O–H groups in total. The van der Waals surface area contributed by atoms with E-state index in [1.54, 1.807) is 31.3 Å². The largest absolute Gasteiger partial charge is 0.497 e. The Morgan fingerprint density at radius 1 is 0.811 bits per heavy atom. The number of rotatable bonds is 8. The van der Waals surface area contributed by atoms with Gasteiger partial charge in [-0.15, -0.1) is 0 Å². The molecule has 37 heavy (non-hydrogen) atoms. The molecule has 2 heterocycles. The number of aryl methyl sites for hydroxylation is 1. The molecule has 0 saturated heterocycles. The normalized spacial score (nSPS) is 11.1. The molecule has 0 radical (unpaired) electrons. The van der Waals surface area contributed by atoms with E-state index >= 15 is 0 Å². The van der Waals surface area contributed by atoms with Crippen LogP contribution in [0, 0.1) is 0 Å². The minimum Gasteiger partial charge on any atom is -0.497 e. The Bertz CT molecular complexity index is 1510. The highest BCUT2D eigenvalue weighted by molar-refractivity contribution is 5.86. The maximum atomic E-state index is 5.57. The highest BCUT2D eigenvalue weighted by Crippen LogP contribution is 2.39. The number of aromatic nitrogens is 4. The fourth-order valence-corrected chi connectivity index (χ4v) is 4.24. The van der Waals surface area contributed by atoms with Gasteiger partial charge in [0.05, 0.1) is 49.0 Å². The molecule has 0 aliphatic rings. The number of nitrogens with one attached hydrogen (secondary N) is 1. The van der Waals surface area contributed by atoms with Crippen molar-refractivity contribution in [1.29, 1.82) is 0 Å². The molecular formula is C29H30N6O2. The summed E-state index contributed by atoms with van der Waals surface area (Å²) in [5.41, 5.74) is 7.18. The average molecular weight is 495 g/mol. The fourth-order valence-electron chi connectivity index (χ4n) is 4.24. The Hall–Kier alpha value is -4.59. The number of methoxy groups -OCH3 is 2. The molecule has 8 heteroatoms. The van der Waals surface area contributed by atoms with Gasteiger partial charge in [0.15, 0.2) is 0 Å². The number of hydrogen-bond donors (Lipinski definition) is 1. The molecule has 188 valence electrons. The van der Waals surface area contributed by atoms with Gasteiger partial charge in [-0.25, -0.2) is 4.98 Å². The maximum Gasteiger partial charge on any atom is 0.124 e. The van der Waals surface area contributed by atoms with Crippen molar-refractivity contribution in [3.05, 3.63) is 79.3 Å². The summed E-state index contributed by atoms with van der Waals surface area (Å²) in [4.78, 5) is 11.7. The van der Waals surface area contributed by atoms with E-state index in [9.17, 15) is 0 Å². The van der Waals surface area contributed by atoms with Gasteiger partial charge >= 0.3 is 0 Å². The molecule has 2 aromatic heterocycles. The van der Waals surface area contributed by atoms with Crippen LogP contribution in [-0.2, 0) is 7.05 Å². The zero-order valence-electron chi connectivity index (χ0n) is 21.6. The van der Waals surface area contributed by atoms with Gasteiger partial charge in [0, 0.05) is 60.1 Å². The molecule has 5 rings (SSSR count). The zero-order chi connectivity index (χ0) is 25.9. The first-order valence-corrected chi connectivity index (χ1v) is 12.1. The third-order valence-electron chi connectivity index (χ3n) is 5.96. The smallest absolute Gasteiger partial charge is 0.124 e. The molecule has 0 bridgehead atoms. The molecule has 8 nitrogen and oxygen atoms in total. The van der Waals surface area contributed by atoms with Gasteiger partial charge in [-0.1, -0.05) is 0 Å². The van der Waals surface area contributed by atoms with Crippen LogP contribution in [0.25, 0.3) is 22.3 Å². The third-order valence-corrected chi connectivity index (χ3v) is 5.96. The van der Waals surface area contributed by atoms with Crippen LogP contribution < -0.4 is 19.7 Å².